The zero-order chi connectivity index (χ0) is 10.2. The van der Waals surface area contributed by atoms with Gasteiger partial charge >= 0.3 is 0 Å². The van der Waals surface area contributed by atoms with Crippen molar-refractivity contribution in [2.45, 2.75) is 12.3 Å². The number of hydrogen-bond acceptors (Lipinski definition) is 3. The van der Waals surface area contributed by atoms with E-state index in [-0.39, 0.29) is 0 Å². The van der Waals surface area contributed by atoms with Crippen LogP contribution in [0.5, 0.6) is 5.75 Å². The number of nitrogens with zero attached hydrogens (tertiary/aromatic N) is 1. The summed E-state index contributed by atoms with van der Waals surface area (Å²) in [6.45, 7) is 1.33. The Morgan fingerprint density at radius 3 is 3.00 bits per heavy atom. The van der Waals surface area contributed by atoms with Crippen LogP contribution in [0.4, 0.5) is 0 Å². The third-order valence-electron chi connectivity index (χ3n) is 1.76. The molecule has 3 nitrogen and oxygen atoms in total. The van der Waals surface area contributed by atoms with Crippen LogP contribution in [-0.2, 0) is 10.6 Å². The quantitative estimate of drug-likeness (QED) is 0.539. The van der Waals surface area contributed by atoms with Crippen LogP contribution >= 0.6 is 11.6 Å². The van der Waals surface area contributed by atoms with E-state index in [1.807, 2.05) is 6.07 Å². The summed E-state index contributed by atoms with van der Waals surface area (Å²) in [6.07, 6.45) is 4.26. The summed E-state index contributed by atoms with van der Waals surface area (Å²) in [4.78, 5) is 3.98. The average Bonchev–Trinajstić information content (AvgIpc) is 2.25. The van der Waals surface area contributed by atoms with Gasteiger partial charge in [0.2, 0.25) is 0 Å². The molecule has 0 aliphatic carbocycles. The largest absolute Gasteiger partial charge is 0.492 e. The van der Waals surface area contributed by atoms with Gasteiger partial charge in [0.05, 0.1) is 18.7 Å². The molecule has 0 radical (unpaired) electrons. The van der Waals surface area contributed by atoms with Crippen LogP contribution in [0.2, 0.25) is 0 Å². The monoisotopic (exact) mass is 215 g/mol. The van der Waals surface area contributed by atoms with Crippen LogP contribution in [0.3, 0.4) is 0 Å². The highest BCUT2D eigenvalue weighted by molar-refractivity contribution is 6.17. The number of rotatable bonds is 6. The highest BCUT2D eigenvalue weighted by Gasteiger charge is 2.01. The Bertz CT molecular complexity index is 268. The number of hydrogen-bond donors (Lipinski definition) is 0. The first-order valence-electron chi connectivity index (χ1n) is 4.49. The molecule has 0 saturated carbocycles. The molecule has 0 unspecified atom stereocenters. The lowest BCUT2D eigenvalue weighted by Crippen LogP contribution is -2.03. The molecule has 0 aliphatic heterocycles. The second-order valence-electron chi connectivity index (χ2n) is 2.81. The van der Waals surface area contributed by atoms with E-state index in [4.69, 9.17) is 21.1 Å². The Labute approximate surface area is 89.0 Å². The molecule has 0 atom stereocenters. The fraction of sp³-hybridized carbons (Fsp3) is 0.500. The number of ether oxygens (including phenoxy) is 2. The predicted octanol–water partition coefficient (Wildman–Crippen LogP) is 2.24. The van der Waals surface area contributed by atoms with Gasteiger partial charge in [-0.3, -0.25) is 4.98 Å². The van der Waals surface area contributed by atoms with Gasteiger partial charge < -0.3 is 9.47 Å². The smallest absolute Gasteiger partial charge is 0.141 e. The molecule has 1 rings (SSSR count). The van der Waals surface area contributed by atoms with Crippen molar-refractivity contribution in [3.63, 3.8) is 0 Å². The van der Waals surface area contributed by atoms with Gasteiger partial charge in [0.15, 0.2) is 0 Å². The van der Waals surface area contributed by atoms with Gasteiger partial charge in [-0.25, -0.2) is 0 Å². The summed E-state index contributed by atoms with van der Waals surface area (Å²) in [6, 6.07) is 1.86. The van der Waals surface area contributed by atoms with E-state index < -0.39 is 0 Å². The molecule has 4 heteroatoms. The number of halogens is 1. The molecule has 14 heavy (non-hydrogen) atoms. The van der Waals surface area contributed by atoms with Gasteiger partial charge in [0, 0.05) is 31.9 Å². The van der Waals surface area contributed by atoms with Crippen LogP contribution in [-0.4, -0.2) is 25.3 Å². The first-order valence-corrected chi connectivity index (χ1v) is 5.02. The van der Waals surface area contributed by atoms with Crippen molar-refractivity contribution in [1.29, 1.82) is 0 Å². The maximum atomic E-state index is 5.74. The van der Waals surface area contributed by atoms with E-state index in [2.05, 4.69) is 4.98 Å². The second kappa shape index (κ2) is 6.62. The number of aromatic nitrogens is 1. The molecule has 78 valence electrons. The van der Waals surface area contributed by atoms with Crippen molar-refractivity contribution < 1.29 is 9.47 Å². The van der Waals surface area contributed by atoms with Gasteiger partial charge in [-0.1, -0.05) is 0 Å². The van der Waals surface area contributed by atoms with Gasteiger partial charge in [-0.05, 0) is 6.07 Å². The zero-order valence-electron chi connectivity index (χ0n) is 8.20. The molecule has 1 heterocycles. The Hall–Kier alpha value is -0.800. The van der Waals surface area contributed by atoms with Crippen LogP contribution < -0.4 is 4.74 Å². The number of pyridine rings is 1. The van der Waals surface area contributed by atoms with Gasteiger partial charge in [0.25, 0.3) is 0 Å². The predicted molar refractivity (Wildman–Crippen MR) is 55.8 cm³/mol. The minimum Gasteiger partial charge on any atom is -0.492 e. The molecule has 0 amide bonds. The molecule has 0 aromatic carbocycles. The molecular formula is C10H14ClNO2. The van der Waals surface area contributed by atoms with Crippen LogP contribution in [0, 0.1) is 0 Å². The van der Waals surface area contributed by atoms with E-state index in [1.54, 1.807) is 19.5 Å². The van der Waals surface area contributed by atoms with Crippen molar-refractivity contribution in [1.82, 2.24) is 4.98 Å². The van der Waals surface area contributed by atoms with E-state index in [0.29, 0.717) is 19.1 Å². The molecular weight excluding hydrogens is 202 g/mol. The lowest BCUT2D eigenvalue weighted by atomic mass is 10.3. The van der Waals surface area contributed by atoms with E-state index in [9.17, 15) is 0 Å². The standard InChI is InChI=1S/C10H14ClNO2/c1-13-5-2-6-14-10-8-12-4-3-9(10)7-11/h3-4,8H,2,5-7H2,1H3. The van der Waals surface area contributed by atoms with E-state index in [1.165, 1.54) is 0 Å². The van der Waals surface area contributed by atoms with Crippen molar-refractivity contribution in [3.05, 3.63) is 24.0 Å². The fourth-order valence-electron chi connectivity index (χ4n) is 1.03. The van der Waals surface area contributed by atoms with Gasteiger partial charge in [0.1, 0.15) is 5.75 Å². The zero-order valence-corrected chi connectivity index (χ0v) is 8.96. The SMILES string of the molecule is COCCCOc1cnccc1CCl. The summed E-state index contributed by atoms with van der Waals surface area (Å²) in [5, 5.41) is 0. The Morgan fingerprint density at radius 2 is 2.29 bits per heavy atom. The normalized spacial score (nSPS) is 10.1. The van der Waals surface area contributed by atoms with Gasteiger partial charge in [-0.2, -0.15) is 0 Å². The summed E-state index contributed by atoms with van der Waals surface area (Å²) >= 11 is 5.74. The Balaban J connectivity index is 2.41. The summed E-state index contributed by atoms with van der Waals surface area (Å²) in [5.41, 5.74) is 0.971. The van der Waals surface area contributed by atoms with Crippen molar-refractivity contribution >= 4 is 11.6 Å². The molecule has 0 aliphatic rings. The Kier molecular flexibility index (Phi) is 5.33. The average molecular weight is 216 g/mol. The molecule has 0 N–H and O–H groups in total. The van der Waals surface area contributed by atoms with Crippen molar-refractivity contribution in [2.24, 2.45) is 0 Å². The fourth-order valence-corrected chi connectivity index (χ4v) is 1.26. The van der Waals surface area contributed by atoms with Crippen LogP contribution in [0.1, 0.15) is 12.0 Å². The molecule has 0 bridgehead atoms. The first kappa shape index (κ1) is 11.3. The molecule has 0 spiro atoms. The lowest BCUT2D eigenvalue weighted by molar-refractivity contribution is 0.171. The third-order valence-corrected chi connectivity index (χ3v) is 2.05. The molecule has 0 saturated heterocycles. The van der Waals surface area contributed by atoms with E-state index >= 15 is 0 Å². The lowest BCUT2D eigenvalue weighted by Gasteiger charge is -2.08. The van der Waals surface area contributed by atoms with Crippen molar-refractivity contribution in [2.75, 3.05) is 20.3 Å². The molecule has 1 aromatic rings. The summed E-state index contributed by atoms with van der Waals surface area (Å²) in [7, 11) is 1.67. The third kappa shape index (κ3) is 3.52. The van der Waals surface area contributed by atoms with Crippen molar-refractivity contribution in [3.8, 4) is 5.75 Å². The summed E-state index contributed by atoms with van der Waals surface area (Å²) < 4.78 is 10.4. The number of methoxy groups -OCH3 is 1. The maximum Gasteiger partial charge on any atom is 0.141 e. The molecule has 1 aromatic heterocycles. The maximum absolute atomic E-state index is 5.74. The molecule has 0 fully saturated rings. The van der Waals surface area contributed by atoms with Gasteiger partial charge in [-0.15, -0.1) is 11.6 Å². The Morgan fingerprint density at radius 1 is 1.43 bits per heavy atom. The topological polar surface area (TPSA) is 31.4 Å². The van der Waals surface area contributed by atoms with Crippen LogP contribution in [0.25, 0.3) is 0 Å². The number of alkyl halides is 1. The van der Waals surface area contributed by atoms with E-state index in [0.717, 1.165) is 17.7 Å². The minimum absolute atomic E-state index is 0.447. The second-order valence-corrected chi connectivity index (χ2v) is 3.08. The summed E-state index contributed by atoms with van der Waals surface area (Å²) in [5.74, 6) is 1.21. The van der Waals surface area contributed by atoms with Crippen LogP contribution in [0.15, 0.2) is 18.5 Å². The highest BCUT2D eigenvalue weighted by atomic mass is 35.5. The minimum atomic E-state index is 0.447. The first-order chi connectivity index (χ1) is 6.88. The highest BCUT2D eigenvalue weighted by Crippen LogP contribution is 2.18.